The lowest BCUT2D eigenvalue weighted by Gasteiger charge is -2.24. The summed E-state index contributed by atoms with van der Waals surface area (Å²) in [4.78, 5) is 0. The van der Waals surface area contributed by atoms with Crippen LogP contribution in [0.5, 0.6) is 0 Å². The predicted molar refractivity (Wildman–Crippen MR) is 72.5 cm³/mol. The molecular formula is C14H19BrFN. The highest BCUT2D eigenvalue weighted by molar-refractivity contribution is 9.10. The quantitative estimate of drug-likeness (QED) is 0.873. The highest BCUT2D eigenvalue weighted by Crippen LogP contribution is 2.39. The van der Waals surface area contributed by atoms with Gasteiger partial charge in [-0.1, -0.05) is 28.9 Å². The van der Waals surface area contributed by atoms with E-state index in [0.717, 1.165) is 16.8 Å². The molecule has 1 saturated carbocycles. The van der Waals surface area contributed by atoms with Crippen molar-refractivity contribution in [1.29, 1.82) is 0 Å². The Morgan fingerprint density at radius 3 is 2.71 bits per heavy atom. The van der Waals surface area contributed by atoms with Crippen LogP contribution in [0.1, 0.15) is 25.3 Å². The summed E-state index contributed by atoms with van der Waals surface area (Å²) >= 11 is 3.44. The number of hydrogen-bond acceptors (Lipinski definition) is 1. The Kier molecular flexibility index (Phi) is 4.21. The highest BCUT2D eigenvalue weighted by Gasteiger charge is 2.32. The highest BCUT2D eigenvalue weighted by atomic mass is 79.9. The van der Waals surface area contributed by atoms with E-state index in [0.29, 0.717) is 12.0 Å². The van der Waals surface area contributed by atoms with Gasteiger partial charge in [0.25, 0.3) is 0 Å². The molecule has 1 fully saturated rings. The Balaban J connectivity index is 2.06. The van der Waals surface area contributed by atoms with Crippen molar-refractivity contribution in [3.63, 3.8) is 0 Å². The average molecular weight is 300 g/mol. The molecule has 0 spiro atoms. The molecule has 0 radical (unpaired) electrons. The fourth-order valence-electron chi connectivity index (χ4n) is 2.43. The minimum Gasteiger partial charge on any atom is -0.316 e. The second kappa shape index (κ2) is 5.49. The largest absolute Gasteiger partial charge is 0.316 e. The summed E-state index contributed by atoms with van der Waals surface area (Å²) in [5, 5.41) is 3.40. The van der Waals surface area contributed by atoms with Gasteiger partial charge in [0.05, 0.1) is 0 Å². The molecule has 2 rings (SSSR count). The Labute approximate surface area is 111 Å². The van der Waals surface area contributed by atoms with Crippen LogP contribution in [0.15, 0.2) is 22.7 Å². The normalized spacial score (nSPS) is 19.1. The first kappa shape index (κ1) is 13.0. The predicted octanol–water partition coefficient (Wildman–Crippen LogP) is 3.76. The van der Waals surface area contributed by atoms with Gasteiger partial charge >= 0.3 is 0 Å². The van der Waals surface area contributed by atoms with Crippen LogP contribution < -0.4 is 5.32 Å². The third-order valence-corrected chi connectivity index (χ3v) is 4.56. The lowest BCUT2D eigenvalue weighted by atomic mass is 9.91. The van der Waals surface area contributed by atoms with Crippen LogP contribution in [0, 0.1) is 17.7 Å². The van der Waals surface area contributed by atoms with Gasteiger partial charge in [-0.25, -0.2) is 4.39 Å². The van der Waals surface area contributed by atoms with Crippen molar-refractivity contribution in [3.05, 3.63) is 34.1 Å². The first-order valence-electron chi connectivity index (χ1n) is 6.23. The van der Waals surface area contributed by atoms with Crippen molar-refractivity contribution in [2.75, 3.05) is 7.05 Å². The molecule has 1 N–H and O–H groups in total. The van der Waals surface area contributed by atoms with Crippen molar-refractivity contribution in [2.24, 2.45) is 11.8 Å². The smallest absolute Gasteiger partial charge is 0.124 e. The van der Waals surface area contributed by atoms with E-state index in [1.54, 1.807) is 6.07 Å². The summed E-state index contributed by atoms with van der Waals surface area (Å²) < 4.78 is 13.9. The van der Waals surface area contributed by atoms with Crippen LogP contribution in [-0.2, 0) is 6.42 Å². The second-order valence-electron chi connectivity index (χ2n) is 5.03. The fraction of sp³-hybridized carbons (Fsp3) is 0.571. The minimum absolute atomic E-state index is 0.183. The summed E-state index contributed by atoms with van der Waals surface area (Å²) in [6.07, 6.45) is 3.68. The molecule has 17 heavy (non-hydrogen) atoms. The van der Waals surface area contributed by atoms with Crippen LogP contribution in [0.3, 0.4) is 0 Å². The van der Waals surface area contributed by atoms with E-state index in [2.05, 4.69) is 28.2 Å². The molecule has 1 nitrogen and oxygen atoms in total. The third-order valence-electron chi connectivity index (χ3n) is 3.83. The summed E-state index contributed by atoms with van der Waals surface area (Å²) in [7, 11) is 2.01. The molecule has 2 unspecified atom stereocenters. The van der Waals surface area contributed by atoms with E-state index in [9.17, 15) is 4.39 Å². The molecule has 0 aliphatic heterocycles. The monoisotopic (exact) mass is 299 g/mol. The molecule has 94 valence electrons. The number of rotatable bonds is 5. The SMILES string of the molecule is CNC(Cc1ccc(F)cc1Br)C(C)C1CC1. The molecule has 0 heterocycles. The third kappa shape index (κ3) is 3.29. The van der Waals surface area contributed by atoms with Gasteiger partial charge in [0.1, 0.15) is 5.82 Å². The molecule has 0 aromatic heterocycles. The van der Waals surface area contributed by atoms with E-state index in [1.165, 1.54) is 24.5 Å². The van der Waals surface area contributed by atoms with E-state index in [-0.39, 0.29) is 5.82 Å². The maximum atomic E-state index is 13.0. The fourth-order valence-corrected chi connectivity index (χ4v) is 2.94. The van der Waals surface area contributed by atoms with E-state index in [1.807, 2.05) is 13.1 Å². The van der Waals surface area contributed by atoms with Crippen LogP contribution in [-0.4, -0.2) is 13.1 Å². The summed E-state index contributed by atoms with van der Waals surface area (Å²) in [5.74, 6) is 1.39. The van der Waals surface area contributed by atoms with Gasteiger partial charge in [-0.05, 0) is 55.8 Å². The van der Waals surface area contributed by atoms with Gasteiger partial charge in [0, 0.05) is 10.5 Å². The Morgan fingerprint density at radius 1 is 1.47 bits per heavy atom. The topological polar surface area (TPSA) is 12.0 Å². The first-order valence-corrected chi connectivity index (χ1v) is 7.02. The second-order valence-corrected chi connectivity index (χ2v) is 5.89. The van der Waals surface area contributed by atoms with Crippen molar-refractivity contribution < 1.29 is 4.39 Å². The minimum atomic E-state index is -0.183. The molecule has 3 heteroatoms. The zero-order chi connectivity index (χ0) is 12.4. The van der Waals surface area contributed by atoms with Gasteiger partial charge in [0.2, 0.25) is 0 Å². The lowest BCUT2D eigenvalue weighted by Crippen LogP contribution is -2.35. The van der Waals surface area contributed by atoms with Crippen LogP contribution >= 0.6 is 15.9 Å². The van der Waals surface area contributed by atoms with Crippen molar-refractivity contribution >= 4 is 15.9 Å². The maximum absolute atomic E-state index is 13.0. The summed E-state index contributed by atoms with van der Waals surface area (Å²) in [6.45, 7) is 2.32. The van der Waals surface area contributed by atoms with E-state index >= 15 is 0 Å². The molecule has 1 aliphatic rings. The van der Waals surface area contributed by atoms with Gasteiger partial charge in [-0.15, -0.1) is 0 Å². The summed E-state index contributed by atoms with van der Waals surface area (Å²) in [5.41, 5.74) is 1.18. The summed E-state index contributed by atoms with van der Waals surface area (Å²) in [6, 6.07) is 5.44. The van der Waals surface area contributed by atoms with Gasteiger partial charge in [-0.2, -0.15) is 0 Å². The molecule has 2 atom stereocenters. The van der Waals surface area contributed by atoms with Crippen molar-refractivity contribution in [2.45, 2.75) is 32.2 Å². The van der Waals surface area contributed by atoms with Gasteiger partial charge in [0.15, 0.2) is 0 Å². The molecule has 0 amide bonds. The Bertz CT molecular complexity index is 390. The number of halogens is 2. The lowest BCUT2D eigenvalue weighted by molar-refractivity contribution is 0.357. The van der Waals surface area contributed by atoms with Crippen LogP contribution in [0.25, 0.3) is 0 Å². The molecule has 0 saturated heterocycles. The number of benzene rings is 1. The zero-order valence-corrected chi connectivity index (χ0v) is 11.9. The average Bonchev–Trinajstić information content (AvgIpc) is 3.11. The molecular weight excluding hydrogens is 281 g/mol. The standard InChI is InChI=1S/C14H19BrFN/c1-9(10-3-4-10)14(17-2)7-11-5-6-12(16)8-13(11)15/h5-6,8-10,14,17H,3-4,7H2,1-2H3. The van der Waals surface area contributed by atoms with Gasteiger partial charge in [-0.3, -0.25) is 0 Å². The maximum Gasteiger partial charge on any atom is 0.124 e. The molecule has 1 aromatic rings. The van der Waals surface area contributed by atoms with Crippen molar-refractivity contribution in [3.8, 4) is 0 Å². The van der Waals surface area contributed by atoms with E-state index in [4.69, 9.17) is 0 Å². The number of nitrogens with one attached hydrogen (secondary N) is 1. The van der Waals surface area contributed by atoms with E-state index < -0.39 is 0 Å². The first-order chi connectivity index (χ1) is 8.11. The zero-order valence-electron chi connectivity index (χ0n) is 10.3. The Hall–Kier alpha value is -0.410. The number of hydrogen-bond donors (Lipinski definition) is 1. The van der Waals surface area contributed by atoms with Crippen molar-refractivity contribution in [1.82, 2.24) is 5.32 Å². The molecule has 1 aromatic carbocycles. The molecule has 0 bridgehead atoms. The number of likely N-dealkylation sites (N-methyl/N-ethyl adjacent to an activating group) is 1. The van der Waals surface area contributed by atoms with Crippen LogP contribution in [0.2, 0.25) is 0 Å². The Morgan fingerprint density at radius 2 is 2.18 bits per heavy atom. The molecule has 1 aliphatic carbocycles. The van der Waals surface area contributed by atoms with Gasteiger partial charge < -0.3 is 5.32 Å². The van der Waals surface area contributed by atoms with Crippen LogP contribution in [0.4, 0.5) is 4.39 Å².